The van der Waals surface area contributed by atoms with Gasteiger partial charge in [-0.1, -0.05) is 11.6 Å². The molecule has 2 aromatic rings. The Kier molecular flexibility index (Phi) is 7.19. The molecule has 11 heteroatoms. The fourth-order valence-electron chi connectivity index (χ4n) is 2.27. The predicted octanol–water partition coefficient (Wildman–Crippen LogP) is 1.87. The Hall–Kier alpha value is -2.95. The number of ether oxygens (including phenoxy) is 1. The zero-order valence-corrected chi connectivity index (χ0v) is 18.0. The maximum absolute atomic E-state index is 12.5. The minimum Gasteiger partial charge on any atom is -0.449 e. The number of carbonyl (C=O) groups is 3. The van der Waals surface area contributed by atoms with Gasteiger partial charge in [-0.15, -0.1) is 0 Å². The number of carbonyl (C=O) groups excluding carboxylic acids is 3. The zero-order chi connectivity index (χ0) is 22.6. The molecule has 0 bridgehead atoms. The second kappa shape index (κ2) is 9.24. The van der Waals surface area contributed by atoms with Crippen LogP contribution in [0, 0.1) is 0 Å². The van der Waals surface area contributed by atoms with E-state index in [2.05, 4.69) is 5.32 Å². The summed E-state index contributed by atoms with van der Waals surface area (Å²) < 4.78 is 30.6. The van der Waals surface area contributed by atoms with Crippen LogP contribution < -0.4 is 11.1 Å². The van der Waals surface area contributed by atoms with Crippen molar-refractivity contribution in [3.63, 3.8) is 0 Å². The lowest BCUT2D eigenvalue weighted by Crippen LogP contribution is -2.30. The summed E-state index contributed by atoms with van der Waals surface area (Å²) >= 11 is 6.01. The molecular weight excluding hydrogens is 434 g/mol. The quantitative estimate of drug-likeness (QED) is 0.614. The Labute approximate surface area is 178 Å². The van der Waals surface area contributed by atoms with E-state index in [9.17, 15) is 22.8 Å². The maximum Gasteiger partial charge on any atom is 0.340 e. The van der Waals surface area contributed by atoms with E-state index in [1.54, 1.807) is 0 Å². The van der Waals surface area contributed by atoms with Crippen LogP contribution in [-0.4, -0.2) is 50.7 Å². The fraction of sp³-hybridized carbons (Fsp3) is 0.211. The first-order chi connectivity index (χ1) is 13.9. The molecule has 0 radical (unpaired) electrons. The third kappa shape index (κ3) is 5.35. The van der Waals surface area contributed by atoms with Gasteiger partial charge < -0.3 is 15.8 Å². The summed E-state index contributed by atoms with van der Waals surface area (Å²) in [5.41, 5.74) is 5.60. The van der Waals surface area contributed by atoms with Gasteiger partial charge in [0.15, 0.2) is 6.10 Å². The molecule has 2 aromatic carbocycles. The summed E-state index contributed by atoms with van der Waals surface area (Å²) in [5, 5.41) is 2.51. The Balaban J connectivity index is 2.13. The molecule has 0 saturated carbocycles. The van der Waals surface area contributed by atoms with Crippen LogP contribution in [0.4, 0.5) is 5.69 Å². The summed E-state index contributed by atoms with van der Waals surface area (Å²) in [6.45, 7) is 1.35. The highest BCUT2D eigenvalue weighted by atomic mass is 35.5. The van der Waals surface area contributed by atoms with Gasteiger partial charge in [-0.05, 0) is 49.4 Å². The number of primary amides is 1. The fourth-order valence-corrected chi connectivity index (χ4v) is 3.39. The standard InChI is InChI=1S/C19H20ClN3O6S/c1-11(18(25)22-13-6-4-12(5-7-13)17(21)24)29-19(26)15-10-14(8-9-16(15)20)30(27,28)23(2)3/h4-11H,1-3H3,(H2,21,24)(H,22,25). The number of benzene rings is 2. The number of amides is 2. The van der Waals surface area contributed by atoms with E-state index >= 15 is 0 Å². The predicted molar refractivity (Wildman–Crippen MR) is 111 cm³/mol. The third-order valence-electron chi connectivity index (χ3n) is 4.03. The van der Waals surface area contributed by atoms with E-state index in [1.165, 1.54) is 57.4 Å². The third-order valence-corrected chi connectivity index (χ3v) is 6.17. The number of nitrogens with two attached hydrogens (primary N) is 1. The minimum absolute atomic E-state index is 0.0210. The molecule has 0 aliphatic rings. The number of hydrogen-bond donors (Lipinski definition) is 2. The van der Waals surface area contributed by atoms with Crippen LogP contribution in [0.15, 0.2) is 47.4 Å². The van der Waals surface area contributed by atoms with E-state index in [1.807, 2.05) is 0 Å². The average Bonchev–Trinajstić information content (AvgIpc) is 2.68. The van der Waals surface area contributed by atoms with E-state index in [-0.39, 0.29) is 21.0 Å². The molecule has 2 amide bonds. The van der Waals surface area contributed by atoms with Gasteiger partial charge in [0.05, 0.1) is 15.5 Å². The summed E-state index contributed by atoms with van der Waals surface area (Å²) in [6.07, 6.45) is -1.21. The van der Waals surface area contributed by atoms with Gasteiger partial charge in [-0.3, -0.25) is 9.59 Å². The largest absolute Gasteiger partial charge is 0.449 e. The van der Waals surface area contributed by atoms with Gasteiger partial charge in [0.2, 0.25) is 15.9 Å². The SMILES string of the molecule is CC(OC(=O)c1cc(S(=O)(=O)N(C)C)ccc1Cl)C(=O)Nc1ccc(C(N)=O)cc1. The maximum atomic E-state index is 12.5. The highest BCUT2D eigenvalue weighted by Crippen LogP contribution is 2.23. The van der Waals surface area contributed by atoms with E-state index in [4.69, 9.17) is 22.1 Å². The molecule has 160 valence electrons. The Bertz CT molecular complexity index is 1080. The molecule has 0 heterocycles. The highest BCUT2D eigenvalue weighted by molar-refractivity contribution is 7.89. The van der Waals surface area contributed by atoms with Crippen molar-refractivity contribution in [3.8, 4) is 0 Å². The molecule has 0 aliphatic heterocycles. The molecule has 1 atom stereocenters. The minimum atomic E-state index is -3.79. The van der Waals surface area contributed by atoms with Crippen molar-refractivity contribution >= 4 is 45.1 Å². The normalized spacial score (nSPS) is 12.3. The number of nitrogens with one attached hydrogen (secondary N) is 1. The first kappa shape index (κ1) is 23.3. The number of halogens is 1. The molecule has 0 aliphatic carbocycles. The van der Waals surface area contributed by atoms with Crippen LogP contribution >= 0.6 is 11.6 Å². The van der Waals surface area contributed by atoms with Crippen LogP contribution in [0.25, 0.3) is 0 Å². The number of anilines is 1. The molecule has 0 fully saturated rings. The summed E-state index contributed by atoms with van der Waals surface area (Å²) in [7, 11) is -1.09. The van der Waals surface area contributed by atoms with Crippen molar-refractivity contribution in [2.45, 2.75) is 17.9 Å². The molecule has 1 unspecified atom stereocenters. The first-order valence-corrected chi connectivity index (χ1v) is 10.4. The number of rotatable bonds is 7. The molecule has 30 heavy (non-hydrogen) atoms. The molecule has 2 rings (SSSR count). The van der Waals surface area contributed by atoms with Gasteiger partial charge in [0, 0.05) is 25.3 Å². The second-order valence-corrected chi connectivity index (χ2v) is 8.97. The first-order valence-electron chi connectivity index (χ1n) is 8.57. The van der Waals surface area contributed by atoms with Crippen molar-refractivity contribution in [3.05, 3.63) is 58.6 Å². The Morgan fingerprint density at radius 1 is 1.10 bits per heavy atom. The summed E-state index contributed by atoms with van der Waals surface area (Å²) in [5.74, 6) is -2.20. The molecule has 0 aromatic heterocycles. The van der Waals surface area contributed by atoms with E-state index < -0.39 is 33.9 Å². The average molecular weight is 454 g/mol. The van der Waals surface area contributed by atoms with Crippen LogP contribution in [0.5, 0.6) is 0 Å². The lowest BCUT2D eigenvalue weighted by Gasteiger charge is -2.16. The molecule has 3 N–H and O–H groups in total. The van der Waals surface area contributed by atoms with Crippen molar-refractivity contribution < 1.29 is 27.5 Å². The van der Waals surface area contributed by atoms with E-state index in [0.29, 0.717) is 5.69 Å². The monoisotopic (exact) mass is 453 g/mol. The van der Waals surface area contributed by atoms with Crippen LogP contribution in [-0.2, 0) is 19.6 Å². The van der Waals surface area contributed by atoms with Crippen LogP contribution in [0.2, 0.25) is 5.02 Å². The lowest BCUT2D eigenvalue weighted by atomic mass is 10.2. The molecule has 0 spiro atoms. The van der Waals surface area contributed by atoms with Gasteiger partial charge >= 0.3 is 5.97 Å². The summed E-state index contributed by atoms with van der Waals surface area (Å²) in [4.78, 5) is 35.7. The summed E-state index contributed by atoms with van der Waals surface area (Å²) in [6, 6.07) is 9.43. The molecule has 0 saturated heterocycles. The van der Waals surface area contributed by atoms with Gasteiger partial charge in [0.25, 0.3) is 5.91 Å². The molecule has 9 nitrogen and oxygen atoms in total. The van der Waals surface area contributed by atoms with Gasteiger partial charge in [-0.2, -0.15) is 0 Å². The van der Waals surface area contributed by atoms with Gasteiger partial charge in [-0.25, -0.2) is 17.5 Å². The van der Waals surface area contributed by atoms with Crippen molar-refractivity contribution in [2.75, 3.05) is 19.4 Å². The zero-order valence-electron chi connectivity index (χ0n) is 16.4. The second-order valence-electron chi connectivity index (χ2n) is 6.41. The topological polar surface area (TPSA) is 136 Å². The van der Waals surface area contributed by atoms with Crippen LogP contribution in [0.1, 0.15) is 27.6 Å². The number of esters is 1. The molecular formula is C19H20ClN3O6S. The van der Waals surface area contributed by atoms with Crippen molar-refractivity contribution in [1.29, 1.82) is 0 Å². The number of hydrogen-bond acceptors (Lipinski definition) is 6. The lowest BCUT2D eigenvalue weighted by molar-refractivity contribution is -0.123. The van der Waals surface area contributed by atoms with Crippen LogP contribution in [0.3, 0.4) is 0 Å². The Morgan fingerprint density at radius 3 is 2.23 bits per heavy atom. The highest BCUT2D eigenvalue weighted by Gasteiger charge is 2.24. The van der Waals surface area contributed by atoms with Crippen molar-refractivity contribution in [2.24, 2.45) is 5.73 Å². The van der Waals surface area contributed by atoms with E-state index in [0.717, 1.165) is 10.4 Å². The van der Waals surface area contributed by atoms with Crippen molar-refractivity contribution in [1.82, 2.24) is 4.31 Å². The smallest absolute Gasteiger partial charge is 0.340 e. The van der Waals surface area contributed by atoms with Gasteiger partial charge in [0.1, 0.15) is 0 Å². The number of nitrogens with zero attached hydrogens (tertiary/aromatic N) is 1. The Morgan fingerprint density at radius 2 is 1.70 bits per heavy atom. The number of sulfonamides is 1.